The number of hydrogen-bond donors (Lipinski definition) is 0. The van der Waals surface area contributed by atoms with E-state index < -0.39 is 45.5 Å². The highest BCUT2D eigenvalue weighted by Crippen LogP contribution is 2.26. The number of carbonyl (C=O) groups is 2. The predicted molar refractivity (Wildman–Crippen MR) is 153 cm³/mol. The Bertz CT molecular complexity index is 799. The molecule has 1 rings (SSSR count). The fourth-order valence-corrected chi connectivity index (χ4v) is 15.6. The van der Waals surface area contributed by atoms with E-state index in [-0.39, 0.29) is 12.2 Å². The van der Waals surface area contributed by atoms with Crippen LogP contribution in [0.3, 0.4) is 0 Å². The summed E-state index contributed by atoms with van der Waals surface area (Å²) in [4.78, 5) is 28.1. The van der Waals surface area contributed by atoms with Gasteiger partial charge >= 0.3 is 20.5 Å². The van der Waals surface area contributed by atoms with Gasteiger partial charge in [-0.2, -0.15) is 0 Å². The van der Waals surface area contributed by atoms with Gasteiger partial charge in [0.05, 0.1) is 0 Å². The molecule has 1 saturated heterocycles. The summed E-state index contributed by atoms with van der Waals surface area (Å²) in [6.45, 7) is 26.4. The first kappa shape index (κ1) is 31.8. The maximum Gasteiger partial charge on any atom is 0.347 e. The molecule has 0 aromatic heterocycles. The molecule has 7 nitrogen and oxygen atoms in total. The summed E-state index contributed by atoms with van der Waals surface area (Å²) in [6, 6.07) is 0. The molecular formula is C24H47NO6Si4. The van der Waals surface area contributed by atoms with Crippen molar-refractivity contribution in [2.24, 2.45) is 0 Å². The van der Waals surface area contributed by atoms with Crippen molar-refractivity contribution in [3.63, 3.8) is 0 Å². The molecule has 0 aromatic rings. The highest BCUT2D eigenvalue weighted by atomic mass is 28.5. The van der Waals surface area contributed by atoms with Crippen LogP contribution in [0.15, 0.2) is 35.7 Å². The Morgan fingerprint density at radius 1 is 0.800 bits per heavy atom. The van der Waals surface area contributed by atoms with Crippen LogP contribution >= 0.6 is 0 Å². The molecule has 0 aromatic carbocycles. The van der Waals surface area contributed by atoms with E-state index in [0.717, 1.165) is 25.9 Å². The molecule has 0 aliphatic carbocycles. The molecule has 0 bridgehead atoms. The molecule has 0 saturated carbocycles. The Morgan fingerprint density at radius 2 is 1.31 bits per heavy atom. The Morgan fingerprint density at radius 3 is 1.77 bits per heavy atom. The summed E-state index contributed by atoms with van der Waals surface area (Å²) >= 11 is 0. The van der Waals surface area contributed by atoms with Gasteiger partial charge in [0, 0.05) is 18.3 Å². The molecule has 1 fully saturated rings. The minimum atomic E-state index is -2.84. The molecule has 1 aliphatic rings. The van der Waals surface area contributed by atoms with Crippen molar-refractivity contribution >= 4 is 45.5 Å². The van der Waals surface area contributed by atoms with E-state index in [0.29, 0.717) is 5.20 Å². The third-order valence-electron chi connectivity index (χ3n) is 4.81. The number of esters is 1. The number of rotatable bonds is 12. The first-order chi connectivity index (χ1) is 15.8. The van der Waals surface area contributed by atoms with E-state index in [9.17, 15) is 9.59 Å². The maximum absolute atomic E-state index is 13.0. The summed E-state index contributed by atoms with van der Waals surface area (Å²) in [5.41, 5.74) is -0.117. The standard InChI is InChI=1S/C24H47NO6Si4/c1-21(35(11,30-33(5,6)7)31-34(8,9)10)20-28-23(26)22(24(27)29-32(2,3)4)16-15-19-25-17-13-12-14-18-25/h15-16,19H,1,12-14,17-18,20H2,2-11H3/b19-15+,22-16+. The second-order valence-corrected chi connectivity index (χ2v) is 29.2. The van der Waals surface area contributed by atoms with Gasteiger partial charge in [-0.3, -0.25) is 0 Å². The van der Waals surface area contributed by atoms with Crippen LogP contribution in [0.5, 0.6) is 0 Å². The van der Waals surface area contributed by atoms with Crippen molar-refractivity contribution in [3.05, 3.63) is 35.7 Å². The van der Waals surface area contributed by atoms with Crippen LogP contribution in [-0.2, 0) is 27.0 Å². The highest BCUT2D eigenvalue weighted by Gasteiger charge is 2.43. The monoisotopic (exact) mass is 557 g/mol. The Kier molecular flexibility index (Phi) is 11.6. The molecule has 1 heterocycles. The third kappa shape index (κ3) is 13.0. The normalized spacial score (nSPS) is 16.4. The Labute approximate surface area is 217 Å². The average Bonchev–Trinajstić information content (AvgIpc) is 2.65. The third-order valence-corrected chi connectivity index (χ3v) is 15.1. The van der Waals surface area contributed by atoms with Gasteiger partial charge in [0.2, 0.25) is 8.32 Å². The molecule has 200 valence electrons. The lowest BCUT2D eigenvalue weighted by molar-refractivity contribution is -0.142. The van der Waals surface area contributed by atoms with Crippen molar-refractivity contribution in [2.75, 3.05) is 19.7 Å². The topological polar surface area (TPSA) is 74.3 Å². The highest BCUT2D eigenvalue weighted by molar-refractivity contribution is 6.91. The van der Waals surface area contributed by atoms with Gasteiger partial charge in [-0.05, 0) is 103 Å². The summed E-state index contributed by atoms with van der Waals surface area (Å²) in [6.07, 6.45) is 8.66. The number of likely N-dealkylation sites (tertiary alicyclic amines) is 1. The first-order valence-corrected chi connectivity index (χ1v) is 25.0. The lowest BCUT2D eigenvalue weighted by Gasteiger charge is -2.39. The number of nitrogens with zero attached hydrogens (tertiary/aromatic N) is 1. The van der Waals surface area contributed by atoms with Crippen LogP contribution in [0, 0.1) is 0 Å². The zero-order chi connectivity index (χ0) is 27.1. The van der Waals surface area contributed by atoms with E-state index in [2.05, 4.69) is 50.8 Å². The molecule has 0 amide bonds. The largest absolute Gasteiger partial charge is 0.516 e. The van der Waals surface area contributed by atoms with Gasteiger partial charge in [-0.1, -0.05) is 6.58 Å². The Hall–Kier alpha value is -1.25. The SMILES string of the molecule is C=C(COC(=O)/C(=C\C=C\N1CCCCC1)C(=O)O[Si](C)(C)C)[Si](C)(O[Si](C)(C)C)O[Si](C)(C)C. The van der Waals surface area contributed by atoms with Crippen molar-refractivity contribution in [1.82, 2.24) is 4.90 Å². The molecule has 0 N–H and O–H groups in total. The van der Waals surface area contributed by atoms with Gasteiger partial charge in [-0.25, -0.2) is 9.59 Å². The molecular weight excluding hydrogens is 511 g/mol. The lowest BCUT2D eigenvalue weighted by Crippen LogP contribution is -2.54. The van der Waals surface area contributed by atoms with Crippen LogP contribution < -0.4 is 0 Å². The number of carbonyl (C=O) groups excluding carboxylic acids is 2. The number of piperidine rings is 1. The molecule has 0 radical (unpaired) electrons. The molecule has 0 atom stereocenters. The molecule has 0 spiro atoms. The zero-order valence-corrected chi connectivity index (χ0v) is 27.6. The zero-order valence-electron chi connectivity index (χ0n) is 23.6. The van der Waals surface area contributed by atoms with E-state index in [1.807, 2.05) is 32.4 Å². The van der Waals surface area contributed by atoms with Gasteiger partial charge in [0.1, 0.15) is 12.2 Å². The van der Waals surface area contributed by atoms with Crippen molar-refractivity contribution in [3.8, 4) is 0 Å². The van der Waals surface area contributed by atoms with E-state index in [1.54, 1.807) is 6.08 Å². The maximum atomic E-state index is 13.0. The van der Waals surface area contributed by atoms with Gasteiger partial charge in [0.15, 0.2) is 16.6 Å². The first-order valence-electron chi connectivity index (χ1n) is 12.4. The second-order valence-electron chi connectivity index (χ2n) is 12.1. The summed E-state index contributed by atoms with van der Waals surface area (Å²) < 4.78 is 24.2. The summed E-state index contributed by atoms with van der Waals surface area (Å²) in [7, 11) is -8.94. The van der Waals surface area contributed by atoms with Crippen molar-refractivity contribution in [2.45, 2.75) is 84.7 Å². The Balaban J connectivity index is 3.05. The summed E-state index contributed by atoms with van der Waals surface area (Å²) in [5.74, 6) is -1.38. The van der Waals surface area contributed by atoms with Crippen molar-refractivity contribution < 1.29 is 27.0 Å². The smallest absolute Gasteiger partial charge is 0.347 e. The van der Waals surface area contributed by atoms with Crippen LogP contribution in [0.4, 0.5) is 0 Å². The predicted octanol–water partition coefficient (Wildman–Crippen LogP) is 5.70. The molecule has 1 aliphatic heterocycles. The minimum Gasteiger partial charge on any atom is -0.516 e. The minimum absolute atomic E-state index is 0.0656. The van der Waals surface area contributed by atoms with Crippen LogP contribution in [-0.4, -0.2) is 70.0 Å². The lowest BCUT2D eigenvalue weighted by atomic mass is 10.1. The van der Waals surface area contributed by atoms with Crippen LogP contribution in [0.1, 0.15) is 19.3 Å². The van der Waals surface area contributed by atoms with Crippen molar-refractivity contribution in [1.29, 1.82) is 0 Å². The van der Waals surface area contributed by atoms with Gasteiger partial charge in [-0.15, -0.1) is 0 Å². The van der Waals surface area contributed by atoms with E-state index >= 15 is 0 Å². The fraction of sp³-hybridized carbons (Fsp3) is 0.667. The number of hydrogen-bond acceptors (Lipinski definition) is 7. The molecule has 11 heteroatoms. The summed E-state index contributed by atoms with van der Waals surface area (Å²) in [5, 5.41) is 0.637. The van der Waals surface area contributed by atoms with E-state index in [1.165, 1.54) is 12.5 Å². The van der Waals surface area contributed by atoms with Crippen LogP contribution in [0.2, 0.25) is 65.5 Å². The number of allylic oxidation sites excluding steroid dienone is 2. The molecule has 35 heavy (non-hydrogen) atoms. The van der Waals surface area contributed by atoms with E-state index in [4.69, 9.17) is 17.4 Å². The van der Waals surface area contributed by atoms with Gasteiger partial charge < -0.3 is 22.3 Å². The van der Waals surface area contributed by atoms with Gasteiger partial charge in [0.25, 0.3) is 0 Å². The quantitative estimate of drug-likeness (QED) is 0.0760. The fourth-order valence-electron chi connectivity index (χ4n) is 3.58. The average molecular weight is 558 g/mol. The second kappa shape index (κ2) is 12.8. The number of ether oxygens (including phenoxy) is 1. The molecule has 0 unspecified atom stereocenters. The van der Waals surface area contributed by atoms with Crippen LogP contribution in [0.25, 0.3) is 0 Å².